The molecule has 0 atom stereocenters. The Labute approximate surface area is 300 Å². The molecule has 0 aliphatic carbocycles. The second kappa shape index (κ2) is 20.9. The normalized spacial score (nSPS) is 15.2. The van der Waals surface area contributed by atoms with E-state index in [-0.39, 0.29) is 57.8 Å². The van der Waals surface area contributed by atoms with Crippen molar-refractivity contribution in [1.29, 1.82) is 0 Å². The number of hydrogen-bond donors (Lipinski definition) is 4. The molecule has 0 saturated carbocycles. The Hall–Kier alpha value is -5.66. The van der Waals surface area contributed by atoms with E-state index in [4.69, 9.17) is 15.2 Å². The summed E-state index contributed by atoms with van der Waals surface area (Å²) in [5, 5.41) is 8.00. The molecular formula is C32H47N7O13. The fourth-order valence-corrected chi connectivity index (χ4v) is 3.78. The SMILES string of the molecule is CC(C)(C)OC(=O)NCCN.CC(C)(C)OC(=O)NCCNC(=O)CCN1C(=O)C=CC1=O.O=C(CCN1C(=O)C=CC1=O)ON1C(=O)CCC1=O. The van der Waals surface area contributed by atoms with Crippen molar-refractivity contribution in [3.05, 3.63) is 24.3 Å². The maximum Gasteiger partial charge on any atom is 0.407 e. The largest absolute Gasteiger partial charge is 0.444 e. The van der Waals surface area contributed by atoms with Crippen LogP contribution in [0.1, 0.15) is 67.2 Å². The Bertz CT molecular complexity index is 1390. The number of hydroxylamine groups is 2. The fraction of sp³-hybridized carbons (Fsp3) is 0.562. The molecule has 20 heteroatoms. The molecule has 5 N–H and O–H groups in total. The number of rotatable bonds is 12. The molecule has 1 saturated heterocycles. The summed E-state index contributed by atoms with van der Waals surface area (Å²) in [4.78, 5) is 119. The van der Waals surface area contributed by atoms with Crippen LogP contribution in [0, 0.1) is 0 Å². The number of nitrogens with zero attached hydrogens (tertiary/aromatic N) is 3. The molecule has 0 aromatic heterocycles. The van der Waals surface area contributed by atoms with E-state index in [0.29, 0.717) is 18.2 Å². The predicted octanol–water partition coefficient (Wildman–Crippen LogP) is -0.679. The Morgan fingerprint density at radius 3 is 1.42 bits per heavy atom. The summed E-state index contributed by atoms with van der Waals surface area (Å²) in [6, 6.07) is 0. The average Bonchev–Trinajstić information content (AvgIpc) is 3.65. The number of carbonyl (C=O) groups excluding carboxylic acids is 10. The Balaban J connectivity index is 0.000000412. The molecule has 0 aromatic rings. The van der Waals surface area contributed by atoms with Crippen molar-refractivity contribution in [2.75, 3.05) is 39.3 Å². The predicted molar refractivity (Wildman–Crippen MR) is 179 cm³/mol. The molecule has 9 amide bonds. The van der Waals surface area contributed by atoms with Gasteiger partial charge in [-0.1, -0.05) is 0 Å². The molecule has 0 unspecified atom stereocenters. The van der Waals surface area contributed by atoms with E-state index >= 15 is 0 Å². The van der Waals surface area contributed by atoms with E-state index in [0.717, 1.165) is 22.0 Å². The van der Waals surface area contributed by atoms with Gasteiger partial charge in [0.15, 0.2) is 0 Å². The van der Waals surface area contributed by atoms with Gasteiger partial charge in [0.25, 0.3) is 35.4 Å². The van der Waals surface area contributed by atoms with Gasteiger partial charge < -0.3 is 36.0 Å². The summed E-state index contributed by atoms with van der Waals surface area (Å²) in [5.74, 6) is -4.15. The van der Waals surface area contributed by atoms with Gasteiger partial charge in [-0.25, -0.2) is 14.4 Å². The highest BCUT2D eigenvalue weighted by Gasteiger charge is 2.33. The average molecular weight is 738 g/mol. The van der Waals surface area contributed by atoms with Crippen molar-refractivity contribution in [2.24, 2.45) is 5.73 Å². The summed E-state index contributed by atoms with van der Waals surface area (Å²) in [5.41, 5.74) is 4.17. The van der Waals surface area contributed by atoms with E-state index in [9.17, 15) is 47.9 Å². The van der Waals surface area contributed by atoms with Crippen LogP contribution in [-0.2, 0) is 52.7 Å². The van der Waals surface area contributed by atoms with Crippen LogP contribution in [-0.4, -0.2) is 125 Å². The zero-order valence-electron chi connectivity index (χ0n) is 30.1. The lowest BCUT2D eigenvalue weighted by molar-refractivity contribution is -0.197. The molecule has 0 radical (unpaired) electrons. The molecule has 0 aromatic carbocycles. The molecule has 3 aliphatic rings. The number of nitrogens with one attached hydrogen (secondary N) is 3. The number of nitrogens with two attached hydrogens (primary N) is 1. The smallest absolute Gasteiger partial charge is 0.407 e. The van der Waals surface area contributed by atoms with Crippen molar-refractivity contribution in [2.45, 2.75) is 78.4 Å². The van der Waals surface area contributed by atoms with Gasteiger partial charge in [0, 0.05) is 82.8 Å². The first kappa shape index (κ1) is 44.4. The van der Waals surface area contributed by atoms with Gasteiger partial charge in [-0.05, 0) is 41.5 Å². The first-order valence-electron chi connectivity index (χ1n) is 16.2. The first-order valence-corrected chi connectivity index (χ1v) is 16.2. The lowest BCUT2D eigenvalue weighted by atomic mass is 10.2. The highest BCUT2D eigenvalue weighted by atomic mass is 16.7. The molecule has 0 bridgehead atoms. The van der Waals surface area contributed by atoms with Gasteiger partial charge in [-0.3, -0.25) is 43.4 Å². The standard InChI is InChI=1S/C14H21N3O5.C11H10N2O6.C7H16N2O2/c1-14(2,3)22-13(21)16-8-7-15-10(18)6-9-17-11(19)4-5-12(17)20;14-7-1-2-8(15)12(7)6-5-11(18)19-13-9(16)3-4-10(13)17;1-7(2,3)11-6(10)9-5-4-8/h4-5H,6-9H2,1-3H3,(H,15,18)(H,16,21);1-2H,3-6H2;4-5,8H2,1-3H3,(H,9,10). The lowest BCUT2D eigenvalue weighted by Crippen LogP contribution is -2.39. The minimum Gasteiger partial charge on any atom is -0.444 e. The Morgan fingerprint density at radius 1 is 0.635 bits per heavy atom. The van der Waals surface area contributed by atoms with Crippen LogP contribution in [0.25, 0.3) is 0 Å². The molecule has 20 nitrogen and oxygen atoms in total. The summed E-state index contributed by atoms with van der Waals surface area (Å²) >= 11 is 0. The van der Waals surface area contributed by atoms with E-state index in [1.165, 1.54) is 12.2 Å². The maximum absolute atomic E-state index is 11.6. The second-order valence-electron chi connectivity index (χ2n) is 12.9. The van der Waals surface area contributed by atoms with Gasteiger partial charge in [0.1, 0.15) is 11.2 Å². The second-order valence-corrected chi connectivity index (χ2v) is 12.9. The van der Waals surface area contributed by atoms with Gasteiger partial charge in [-0.2, -0.15) is 0 Å². The minimum atomic E-state index is -0.851. The molecule has 3 heterocycles. The quantitative estimate of drug-likeness (QED) is 0.143. The molecule has 3 aliphatic heterocycles. The van der Waals surface area contributed by atoms with Crippen LogP contribution in [0.2, 0.25) is 0 Å². The zero-order valence-corrected chi connectivity index (χ0v) is 30.1. The third kappa shape index (κ3) is 17.8. The van der Waals surface area contributed by atoms with Crippen LogP contribution in [0.4, 0.5) is 9.59 Å². The molecule has 0 spiro atoms. The topological polar surface area (TPSA) is 270 Å². The molecular weight excluding hydrogens is 690 g/mol. The molecule has 52 heavy (non-hydrogen) atoms. The monoisotopic (exact) mass is 737 g/mol. The summed E-state index contributed by atoms with van der Waals surface area (Å²) < 4.78 is 9.97. The van der Waals surface area contributed by atoms with E-state index < -0.39 is 64.8 Å². The van der Waals surface area contributed by atoms with Crippen molar-refractivity contribution in [1.82, 2.24) is 30.8 Å². The zero-order chi connectivity index (χ0) is 39.6. The van der Waals surface area contributed by atoms with Crippen LogP contribution >= 0.6 is 0 Å². The van der Waals surface area contributed by atoms with Gasteiger partial charge in [0.2, 0.25) is 5.91 Å². The van der Waals surface area contributed by atoms with Crippen LogP contribution in [0.5, 0.6) is 0 Å². The third-order valence-electron chi connectivity index (χ3n) is 6.03. The van der Waals surface area contributed by atoms with Crippen molar-refractivity contribution < 1.29 is 62.3 Å². The minimum absolute atomic E-state index is 0.0130. The van der Waals surface area contributed by atoms with Crippen LogP contribution < -0.4 is 21.7 Å². The number of alkyl carbamates (subject to hydrolysis) is 2. The van der Waals surface area contributed by atoms with Crippen molar-refractivity contribution in [3.8, 4) is 0 Å². The van der Waals surface area contributed by atoms with Crippen LogP contribution in [0.3, 0.4) is 0 Å². The van der Waals surface area contributed by atoms with E-state index in [2.05, 4.69) is 20.8 Å². The highest BCUT2D eigenvalue weighted by Crippen LogP contribution is 2.13. The Morgan fingerprint density at radius 2 is 1.02 bits per heavy atom. The van der Waals surface area contributed by atoms with Crippen molar-refractivity contribution in [3.63, 3.8) is 0 Å². The summed E-state index contributed by atoms with van der Waals surface area (Å²) in [7, 11) is 0. The first-order chi connectivity index (χ1) is 24.1. The van der Waals surface area contributed by atoms with Gasteiger partial charge >= 0.3 is 18.2 Å². The molecule has 288 valence electrons. The van der Waals surface area contributed by atoms with Gasteiger partial charge in [0.05, 0.1) is 6.42 Å². The highest BCUT2D eigenvalue weighted by molar-refractivity contribution is 6.13. The third-order valence-corrected chi connectivity index (χ3v) is 6.03. The maximum atomic E-state index is 11.6. The summed E-state index contributed by atoms with van der Waals surface area (Å²) in [6.07, 6.45) is 3.34. The van der Waals surface area contributed by atoms with E-state index in [1.54, 1.807) is 20.8 Å². The fourth-order valence-electron chi connectivity index (χ4n) is 3.78. The number of imide groups is 3. The lowest BCUT2D eigenvalue weighted by Gasteiger charge is -2.19. The number of hydrogen-bond acceptors (Lipinski definition) is 14. The molecule has 1 fully saturated rings. The van der Waals surface area contributed by atoms with Crippen LogP contribution in [0.15, 0.2) is 24.3 Å². The Kier molecular flexibility index (Phi) is 17.8. The molecule has 3 rings (SSSR count). The number of amides is 9. The van der Waals surface area contributed by atoms with Crippen molar-refractivity contribution >= 4 is 59.5 Å². The summed E-state index contributed by atoms with van der Waals surface area (Å²) in [6.45, 7) is 11.9. The number of carbonyl (C=O) groups is 10. The van der Waals surface area contributed by atoms with E-state index in [1.807, 2.05) is 20.8 Å². The van der Waals surface area contributed by atoms with Gasteiger partial charge in [-0.15, -0.1) is 5.06 Å². The number of ether oxygens (including phenoxy) is 2.